The minimum Gasteiger partial charge on any atom is -0.283 e. The number of hydrogen-bond donors (Lipinski definition) is 0. The van der Waals surface area contributed by atoms with Gasteiger partial charge < -0.3 is 0 Å². The van der Waals surface area contributed by atoms with E-state index in [1.54, 1.807) is 0 Å². The fourth-order valence-electron chi connectivity index (χ4n) is 3.23. The summed E-state index contributed by atoms with van der Waals surface area (Å²) < 4.78 is 0. The van der Waals surface area contributed by atoms with Gasteiger partial charge in [0.25, 0.3) is 0 Å². The molecule has 3 atom stereocenters. The van der Waals surface area contributed by atoms with Crippen LogP contribution in [-0.4, -0.2) is 10.9 Å². The quantitative estimate of drug-likeness (QED) is 0.572. The van der Waals surface area contributed by atoms with Crippen LogP contribution < -0.4 is 0 Å². The second-order valence-corrected chi connectivity index (χ2v) is 5.67. The molecule has 1 unspecified atom stereocenters. The lowest BCUT2D eigenvalue weighted by molar-refractivity contribution is 0.419. The zero-order valence-electron chi connectivity index (χ0n) is 12.0. The fourth-order valence-corrected chi connectivity index (χ4v) is 3.23. The van der Waals surface area contributed by atoms with Crippen LogP contribution in [0.1, 0.15) is 24.5 Å². The monoisotopic (exact) mass is 263 g/mol. The molecular weight excluding hydrogens is 242 g/mol. The largest absolute Gasteiger partial charge is 0.283 e. The average molecular weight is 263 g/mol. The van der Waals surface area contributed by atoms with E-state index < -0.39 is 0 Å². The normalized spacial score (nSPS) is 28.1. The minimum absolute atomic E-state index is 0.144. The van der Waals surface area contributed by atoms with Crippen molar-refractivity contribution in [2.75, 3.05) is 0 Å². The molecule has 0 amide bonds. The van der Waals surface area contributed by atoms with Crippen LogP contribution in [0.15, 0.2) is 73.3 Å². The molecule has 3 rings (SSSR count). The number of hydrogen-bond acceptors (Lipinski definition) is 1. The average Bonchev–Trinajstić information content (AvgIpc) is 3.06. The Morgan fingerprint density at radius 3 is 2.25 bits per heavy atom. The molecular formula is C19H21N. The first-order chi connectivity index (χ1) is 9.76. The molecule has 2 aromatic carbocycles. The van der Waals surface area contributed by atoms with Crippen LogP contribution in [0.5, 0.6) is 0 Å². The molecule has 0 bridgehead atoms. The Balaban J connectivity index is 1.85. The van der Waals surface area contributed by atoms with E-state index in [1.165, 1.54) is 11.1 Å². The third-order valence-corrected chi connectivity index (χ3v) is 4.50. The Bertz CT molecular complexity index is 575. The van der Waals surface area contributed by atoms with Crippen molar-refractivity contribution in [1.29, 1.82) is 0 Å². The summed E-state index contributed by atoms with van der Waals surface area (Å²) in [7, 11) is 0. The zero-order chi connectivity index (χ0) is 14.0. The maximum Gasteiger partial charge on any atom is 0.0598 e. The van der Waals surface area contributed by atoms with Gasteiger partial charge in [0, 0.05) is 12.6 Å². The minimum atomic E-state index is 0.144. The lowest BCUT2D eigenvalue weighted by Crippen LogP contribution is -2.12. The summed E-state index contributed by atoms with van der Waals surface area (Å²) in [5.41, 5.74) is 2.93. The summed E-state index contributed by atoms with van der Waals surface area (Å²) in [4.78, 5) is 2.57. The van der Waals surface area contributed by atoms with E-state index >= 15 is 0 Å². The van der Waals surface area contributed by atoms with Crippen molar-refractivity contribution < 1.29 is 0 Å². The molecule has 102 valence electrons. The highest BCUT2D eigenvalue weighted by atomic mass is 15.4. The van der Waals surface area contributed by atoms with E-state index in [2.05, 4.69) is 79.1 Å². The van der Waals surface area contributed by atoms with Gasteiger partial charge in [-0.3, -0.25) is 4.90 Å². The molecule has 1 fully saturated rings. The molecule has 0 aliphatic carbocycles. The summed E-state index contributed by atoms with van der Waals surface area (Å²) in [6, 6.07) is 22.1. The Kier molecular flexibility index (Phi) is 3.45. The number of rotatable bonds is 5. The van der Waals surface area contributed by atoms with Crippen LogP contribution in [0.2, 0.25) is 0 Å². The molecule has 1 aliphatic heterocycles. The van der Waals surface area contributed by atoms with Gasteiger partial charge in [0.2, 0.25) is 0 Å². The van der Waals surface area contributed by atoms with Crippen molar-refractivity contribution in [2.45, 2.75) is 31.5 Å². The van der Waals surface area contributed by atoms with Crippen LogP contribution in [0.25, 0.3) is 0 Å². The van der Waals surface area contributed by atoms with Crippen molar-refractivity contribution in [3.8, 4) is 0 Å². The lowest BCUT2D eigenvalue weighted by Gasteiger charge is -2.13. The highest BCUT2D eigenvalue weighted by molar-refractivity contribution is 5.35. The molecule has 0 saturated carbocycles. The zero-order valence-corrected chi connectivity index (χ0v) is 12.0. The van der Waals surface area contributed by atoms with Gasteiger partial charge in [-0.15, -0.1) is 6.58 Å². The van der Waals surface area contributed by atoms with Crippen molar-refractivity contribution in [1.82, 2.24) is 4.90 Å². The van der Waals surface area contributed by atoms with Gasteiger partial charge in [-0.1, -0.05) is 66.7 Å². The molecule has 1 nitrogen and oxygen atoms in total. The molecule has 2 aromatic rings. The Morgan fingerprint density at radius 1 is 1.05 bits per heavy atom. The second-order valence-electron chi connectivity index (χ2n) is 5.67. The molecule has 1 aliphatic rings. The standard InChI is InChI=1S/C19H21N/c1-3-10-18-19(2,17-13-8-5-9-14-17)20(18)15-16-11-6-4-7-12-16/h3-9,11-14,18H,1,10,15H2,2H3/t18-,19-,20?/m0/s1. The SMILES string of the molecule is C=CC[C@@H]1N(Cc2ccccc2)[C@@]1(C)c1ccccc1. The molecule has 0 aromatic heterocycles. The second kappa shape index (κ2) is 5.26. The van der Waals surface area contributed by atoms with Crippen LogP contribution in [0.3, 0.4) is 0 Å². The van der Waals surface area contributed by atoms with Crippen LogP contribution in [0.4, 0.5) is 0 Å². The molecule has 1 saturated heterocycles. The highest BCUT2D eigenvalue weighted by Crippen LogP contribution is 2.52. The van der Waals surface area contributed by atoms with E-state index in [4.69, 9.17) is 0 Å². The van der Waals surface area contributed by atoms with Gasteiger partial charge in [0.1, 0.15) is 0 Å². The summed E-state index contributed by atoms with van der Waals surface area (Å²) in [6.45, 7) is 7.27. The van der Waals surface area contributed by atoms with Gasteiger partial charge in [-0.2, -0.15) is 0 Å². The van der Waals surface area contributed by atoms with Crippen molar-refractivity contribution in [3.05, 3.63) is 84.4 Å². The topological polar surface area (TPSA) is 3.01 Å². The Labute approximate surface area is 121 Å². The Morgan fingerprint density at radius 2 is 1.65 bits per heavy atom. The molecule has 0 N–H and O–H groups in total. The predicted molar refractivity (Wildman–Crippen MR) is 84.4 cm³/mol. The van der Waals surface area contributed by atoms with Gasteiger partial charge in [0.15, 0.2) is 0 Å². The van der Waals surface area contributed by atoms with Crippen molar-refractivity contribution in [3.63, 3.8) is 0 Å². The van der Waals surface area contributed by atoms with Gasteiger partial charge >= 0.3 is 0 Å². The molecule has 0 spiro atoms. The molecule has 20 heavy (non-hydrogen) atoms. The van der Waals surface area contributed by atoms with E-state index in [0.717, 1.165) is 13.0 Å². The van der Waals surface area contributed by atoms with Gasteiger partial charge in [0.05, 0.1) is 5.54 Å². The van der Waals surface area contributed by atoms with Gasteiger partial charge in [-0.25, -0.2) is 0 Å². The number of benzene rings is 2. The first-order valence-electron chi connectivity index (χ1n) is 7.24. The third-order valence-electron chi connectivity index (χ3n) is 4.50. The smallest absolute Gasteiger partial charge is 0.0598 e. The first-order valence-corrected chi connectivity index (χ1v) is 7.24. The van der Waals surface area contributed by atoms with Crippen LogP contribution in [-0.2, 0) is 12.1 Å². The maximum atomic E-state index is 3.91. The van der Waals surface area contributed by atoms with Crippen molar-refractivity contribution in [2.24, 2.45) is 0 Å². The van der Waals surface area contributed by atoms with E-state index in [1.807, 2.05) is 6.08 Å². The Hall–Kier alpha value is -1.86. The summed E-state index contributed by atoms with van der Waals surface area (Å²) in [6.07, 6.45) is 3.08. The number of nitrogens with zero attached hydrogens (tertiary/aromatic N) is 1. The van der Waals surface area contributed by atoms with Gasteiger partial charge in [-0.05, 0) is 24.5 Å². The fraction of sp³-hybridized carbons (Fsp3) is 0.263. The highest BCUT2D eigenvalue weighted by Gasteiger charge is 2.58. The van der Waals surface area contributed by atoms with Crippen molar-refractivity contribution >= 4 is 0 Å². The summed E-state index contributed by atoms with van der Waals surface area (Å²) in [5.74, 6) is 0. The maximum absolute atomic E-state index is 3.91. The summed E-state index contributed by atoms with van der Waals surface area (Å²) in [5, 5.41) is 0. The molecule has 1 heteroatoms. The third kappa shape index (κ3) is 2.19. The van der Waals surface area contributed by atoms with E-state index in [9.17, 15) is 0 Å². The molecule has 0 radical (unpaired) electrons. The van der Waals surface area contributed by atoms with E-state index in [0.29, 0.717) is 6.04 Å². The molecule has 1 heterocycles. The summed E-state index contributed by atoms with van der Waals surface area (Å²) >= 11 is 0. The predicted octanol–water partition coefficient (Wildman–Crippen LogP) is 4.36. The van der Waals surface area contributed by atoms with E-state index in [-0.39, 0.29) is 5.54 Å². The lowest BCUT2D eigenvalue weighted by atomic mass is 9.95. The first kappa shape index (κ1) is 13.1. The van der Waals surface area contributed by atoms with Crippen LogP contribution >= 0.6 is 0 Å². The van der Waals surface area contributed by atoms with Crippen LogP contribution in [0, 0.1) is 0 Å².